The third-order valence-electron chi connectivity index (χ3n) is 4.80. The first kappa shape index (κ1) is 16.2. The number of halogens is 2. The van der Waals surface area contributed by atoms with E-state index < -0.39 is 0 Å². The van der Waals surface area contributed by atoms with Crippen LogP contribution in [0.2, 0.25) is 0 Å². The Hall–Kier alpha value is -1.13. The highest BCUT2D eigenvalue weighted by Crippen LogP contribution is 2.43. The van der Waals surface area contributed by atoms with E-state index >= 15 is 0 Å². The molecule has 2 fully saturated rings. The van der Waals surface area contributed by atoms with Crippen LogP contribution in [0, 0.1) is 11.7 Å². The highest BCUT2D eigenvalue weighted by molar-refractivity contribution is 5.85. The van der Waals surface area contributed by atoms with Gasteiger partial charge in [0.1, 0.15) is 5.82 Å². The van der Waals surface area contributed by atoms with Gasteiger partial charge in [-0.2, -0.15) is 0 Å². The summed E-state index contributed by atoms with van der Waals surface area (Å²) in [4.78, 5) is 12.1. The van der Waals surface area contributed by atoms with Crippen molar-refractivity contribution in [3.63, 3.8) is 0 Å². The molecule has 1 saturated carbocycles. The number of hydrogen-bond donors (Lipinski definition) is 2. The van der Waals surface area contributed by atoms with Crippen LogP contribution in [-0.4, -0.2) is 25.5 Å². The largest absolute Gasteiger partial charge is 0.355 e. The van der Waals surface area contributed by atoms with Crippen molar-refractivity contribution in [2.75, 3.05) is 19.6 Å². The van der Waals surface area contributed by atoms with Gasteiger partial charge in [0.05, 0.1) is 5.92 Å². The second kappa shape index (κ2) is 6.75. The minimum absolute atomic E-state index is 0. The molecular weight excluding hydrogens is 291 g/mol. The molecule has 0 aromatic heterocycles. The summed E-state index contributed by atoms with van der Waals surface area (Å²) in [6.07, 6.45) is 4.25. The molecule has 5 heteroatoms. The maximum absolute atomic E-state index is 13.0. The van der Waals surface area contributed by atoms with Gasteiger partial charge >= 0.3 is 0 Å². The quantitative estimate of drug-likeness (QED) is 0.896. The molecule has 0 spiro atoms. The van der Waals surface area contributed by atoms with E-state index in [0.717, 1.165) is 37.9 Å². The number of hydrogen-bond acceptors (Lipinski definition) is 2. The normalized spacial score (nSPS) is 23.0. The molecule has 1 amide bonds. The van der Waals surface area contributed by atoms with Crippen molar-refractivity contribution < 1.29 is 9.18 Å². The van der Waals surface area contributed by atoms with Crippen molar-refractivity contribution in [1.29, 1.82) is 0 Å². The van der Waals surface area contributed by atoms with Gasteiger partial charge in [-0.05, 0) is 43.5 Å². The van der Waals surface area contributed by atoms with Gasteiger partial charge < -0.3 is 10.6 Å². The third-order valence-corrected chi connectivity index (χ3v) is 4.80. The Labute approximate surface area is 131 Å². The van der Waals surface area contributed by atoms with Crippen molar-refractivity contribution in [2.24, 2.45) is 5.92 Å². The molecule has 2 N–H and O–H groups in total. The lowest BCUT2D eigenvalue weighted by Gasteiger charge is -2.42. The summed E-state index contributed by atoms with van der Waals surface area (Å²) in [6, 6.07) is 6.74. The first-order valence-corrected chi connectivity index (χ1v) is 7.44. The van der Waals surface area contributed by atoms with Crippen LogP contribution in [0.4, 0.5) is 4.39 Å². The van der Waals surface area contributed by atoms with Crippen LogP contribution in [0.5, 0.6) is 0 Å². The maximum Gasteiger partial charge on any atom is 0.224 e. The Bertz CT molecular complexity index is 482. The summed E-state index contributed by atoms with van der Waals surface area (Å²) in [7, 11) is 0. The molecule has 1 atom stereocenters. The minimum Gasteiger partial charge on any atom is -0.355 e. The first-order chi connectivity index (χ1) is 9.70. The standard InChI is InChI=1S/C16H21FN2O.ClH/c17-14-4-2-13(3-5-14)16(7-1-8-16)11-19-15(20)12-6-9-18-10-12;/h2-5,12,18H,1,6-11H2,(H,19,20);1H. The highest BCUT2D eigenvalue weighted by atomic mass is 35.5. The van der Waals surface area contributed by atoms with E-state index in [2.05, 4.69) is 10.6 Å². The Morgan fingerprint density at radius 2 is 2.05 bits per heavy atom. The van der Waals surface area contributed by atoms with Gasteiger partial charge in [-0.25, -0.2) is 4.39 Å². The second-order valence-electron chi connectivity index (χ2n) is 6.05. The van der Waals surface area contributed by atoms with Crippen LogP contribution >= 0.6 is 12.4 Å². The van der Waals surface area contributed by atoms with Crippen molar-refractivity contribution in [3.8, 4) is 0 Å². The molecule has 3 nitrogen and oxygen atoms in total. The molecule has 1 heterocycles. The molecule has 1 aromatic rings. The zero-order chi connectivity index (χ0) is 14.0. The lowest BCUT2D eigenvalue weighted by molar-refractivity contribution is -0.124. The Morgan fingerprint density at radius 3 is 2.57 bits per heavy atom. The second-order valence-corrected chi connectivity index (χ2v) is 6.05. The van der Waals surface area contributed by atoms with Crippen LogP contribution in [0.1, 0.15) is 31.2 Å². The van der Waals surface area contributed by atoms with Crippen molar-refractivity contribution in [2.45, 2.75) is 31.1 Å². The number of carbonyl (C=O) groups is 1. The number of benzene rings is 1. The molecule has 1 saturated heterocycles. The molecule has 1 aliphatic carbocycles. The summed E-state index contributed by atoms with van der Waals surface area (Å²) in [5.41, 5.74) is 1.17. The third kappa shape index (κ3) is 3.38. The van der Waals surface area contributed by atoms with E-state index in [0.29, 0.717) is 6.54 Å². The fraction of sp³-hybridized carbons (Fsp3) is 0.562. The summed E-state index contributed by atoms with van der Waals surface area (Å²) in [6.45, 7) is 2.39. The molecule has 3 rings (SSSR count). The molecule has 21 heavy (non-hydrogen) atoms. The smallest absolute Gasteiger partial charge is 0.224 e. The topological polar surface area (TPSA) is 41.1 Å². The van der Waals surface area contributed by atoms with Gasteiger partial charge in [0, 0.05) is 18.5 Å². The molecule has 1 aromatic carbocycles. The lowest BCUT2D eigenvalue weighted by atomic mass is 9.64. The maximum atomic E-state index is 13.0. The van der Waals surface area contributed by atoms with Gasteiger partial charge in [-0.15, -0.1) is 12.4 Å². The summed E-state index contributed by atoms with van der Waals surface area (Å²) >= 11 is 0. The highest BCUT2D eigenvalue weighted by Gasteiger charge is 2.39. The molecule has 1 unspecified atom stereocenters. The van der Waals surface area contributed by atoms with Gasteiger partial charge in [0.2, 0.25) is 5.91 Å². The monoisotopic (exact) mass is 312 g/mol. The van der Waals surface area contributed by atoms with Crippen LogP contribution < -0.4 is 10.6 Å². The van der Waals surface area contributed by atoms with Crippen molar-refractivity contribution >= 4 is 18.3 Å². The van der Waals surface area contributed by atoms with E-state index in [1.54, 1.807) is 0 Å². The predicted octanol–water partition coefficient (Wildman–Crippen LogP) is 2.39. The average Bonchev–Trinajstić information content (AvgIpc) is 2.93. The van der Waals surface area contributed by atoms with Gasteiger partial charge in [0.25, 0.3) is 0 Å². The molecule has 1 aliphatic heterocycles. The zero-order valence-corrected chi connectivity index (χ0v) is 12.8. The Kier molecular flexibility index (Phi) is 5.22. The van der Waals surface area contributed by atoms with Crippen molar-refractivity contribution in [1.82, 2.24) is 10.6 Å². The Morgan fingerprint density at radius 1 is 1.33 bits per heavy atom. The number of amides is 1. The van der Waals surface area contributed by atoms with Crippen LogP contribution in [0.25, 0.3) is 0 Å². The van der Waals surface area contributed by atoms with E-state index in [-0.39, 0.29) is 35.5 Å². The summed E-state index contributed by atoms with van der Waals surface area (Å²) in [5, 5.41) is 6.32. The molecular formula is C16H22ClFN2O. The van der Waals surface area contributed by atoms with Crippen LogP contribution in [-0.2, 0) is 10.2 Å². The first-order valence-electron chi connectivity index (χ1n) is 7.44. The molecule has 2 aliphatic rings. The number of nitrogens with one attached hydrogen (secondary N) is 2. The number of rotatable bonds is 4. The summed E-state index contributed by atoms with van der Waals surface area (Å²) < 4.78 is 13.0. The zero-order valence-electron chi connectivity index (χ0n) is 12.0. The van der Waals surface area contributed by atoms with E-state index in [4.69, 9.17) is 0 Å². The summed E-state index contributed by atoms with van der Waals surface area (Å²) in [5.74, 6) is 0.0630. The van der Waals surface area contributed by atoms with Gasteiger partial charge in [-0.3, -0.25) is 4.79 Å². The average molecular weight is 313 g/mol. The SMILES string of the molecule is Cl.O=C(NCC1(c2ccc(F)cc2)CCC1)C1CCNC1. The van der Waals surface area contributed by atoms with Gasteiger partial charge in [-0.1, -0.05) is 18.6 Å². The molecule has 0 radical (unpaired) electrons. The fourth-order valence-electron chi connectivity index (χ4n) is 3.25. The van der Waals surface area contributed by atoms with Crippen LogP contribution in [0.3, 0.4) is 0 Å². The fourth-order valence-corrected chi connectivity index (χ4v) is 3.25. The minimum atomic E-state index is -0.204. The van der Waals surface area contributed by atoms with Gasteiger partial charge in [0.15, 0.2) is 0 Å². The molecule has 116 valence electrons. The Balaban J connectivity index is 0.00000161. The van der Waals surface area contributed by atoms with Crippen LogP contribution in [0.15, 0.2) is 24.3 Å². The van der Waals surface area contributed by atoms with E-state index in [1.165, 1.54) is 18.6 Å². The lowest BCUT2D eigenvalue weighted by Crippen LogP contribution is -2.47. The predicted molar refractivity (Wildman–Crippen MR) is 83.2 cm³/mol. The van der Waals surface area contributed by atoms with E-state index in [9.17, 15) is 9.18 Å². The number of carbonyl (C=O) groups excluding carboxylic acids is 1. The molecule has 0 bridgehead atoms. The van der Waals surface area contributed by atoms with Crippen molar-refractivity contribution in [3.05, 3.63) is 35.6 Å². The van der Waals surface area contributed by atoms with E-state index in [1.807, 2.05) is 12.1 Å².